The lowest BCUT2D eigenvalue weighted by atomic mass is 9.54. The lowest BCUT2D eigenvalue weighted by molar-refractivity contribution is -0.137. The third kappa shape index (κ3) is 1.70. The molecule has 5 rings (SSSR count). The number of hydrogen-bond acceptors (Lipinski definition) is 5. The van der Waals surface area contributed by atoms with Gasteiger partial charge in [-0.05, 0) is 31.4 Å². The summed E-state index contributed by atoms with van der Waals surface area (Å²) in [6.07, 6.45) is 5.18. The van der Waals surface area contributed by atoms with Gasteiger partial charge in [-0.15, -0.1) is 0 Å². The summed E-state index contributed by atoms with van der Waals surface area (Å²) in [4.78, 5) is 15.2. The first-order valence-electron chi connectivity index (χ1n) is 9.33. The van der Waals surface area contributed by atoms with Gasteiger partial charge < -0.3 is 15.2 Å². The first-order valence-corrected chi connectivity index (χ1v) is 9.33. The van der Waals surface area contributed by atoms with Crippen LogP contribution in [0.5, 0.6) is 0 Å². The Morgan fingerprint density at radius 2 is 2.23 bits per heavy atom. The fourth-order valence-corrected chi connectivity index (χ4v) is 6.00. The Kier molecular flexibility index (Phi) is 3.22. The predicted octanol–water partition coefficient (Wildman–Crippen LogP) is 2.19. The van der Waals surface area contributed by atoms with E-state index in [1.165, 1.54) is 12.7 Å². The molecule has 4 unspecified atom stereocenters. The van der Waals surface area contributed by atoms with Crippen molar-refractivity contribution in [2.45, 2.75) is 37.3 Å². The van der Waals surface area contributed by atoms with Gasteiger partial charge in [0, 0.05) is 35.9 Å². The summed E-state index contributed by atoms with van der Waals surface area (Å²) in [5.41, 5.74) is 3.20. The van der Waals surface area contributed by atoms with Gasteiger partial charge in [-0.3, -0.25) is 4.90 Å². The molecular weight excluding hydrogens is 328 g/mol. The normalized spacial score (nSPS) is 35.4. The van der Waals surface area contributed by atoms with Gasteiger partial charge in [0.2, 0.25) is 0 Å². The molecule has 0 amide bonds. The van der Waals surface area contributed by atoms with Gasteiger partial charge in [0.1, 0.15) is 0 Å². The molecule has 5 heteroatoms. The van der Waals surface area contributed by atoms with Gasteiger partial charge >= 0.3 is 5.97 Å². The molecule has 26 heavy (non-hydrogen) atoms. The summed E-state index contributed by atoms with van der Waals surface area (Å²) in [5, 5.41) is 14.4. The monoisotopic (exact) mass is 352 g/mol. The lowest BCUT2D eigenvalue weighted by Gasteiger charge is -2.55. The number of aliphatic hydroxyl groups excluding tert-OH is 1. The van der Waals surface area contributed by atoms with E-state index in [1.807, 2.05) is 13.0 Å². The highest BCUT2D eigenvalue weighted by Crippen LogP contribution is 2.64. The second-order valence-electron chi connectivity index (χ2n) is 8.00. The minimum atomic E-state index is -0.560. The number of fused-ring (bicyclic) bond motifs is 1. The Balaban J connectivity index is 1.84. The molecule has 1 spiro atoms. The molecule has 1 aliphatic carbocycles. The van der Waals surface area contributed by atoms with Crippen molar-refractivity contribution in [1.29, 1.82) is 0 Å². The van der Waals surface area contributed by atoms with Crippen molar-refractivity contribution in [2.75, 3.05) is 25.5 Å². The minimum absolute atomic E-state index is 0.138. The van der Waals surface area contributed by atoms with E-state index in [1.54, 1.807) is 0 Å². The molecular formula is C21H24N2O3. The van der Waals surface area contributed by atoms with Crippen molar-refractivity contribution in [3.8, 4) is 0 Å². The van der Waals surface area contributed by atoms with Crippen molar-refractivity contribution in [1.82, 2.24) is 4.90 Å². The summed E-state index contributed by atoms with van der Waals surface area (Å²) in [6.45, 7) is 3.70. The molecule has 5 nitrogen and oxygen atoms in total. The van der Waals surface area contributed by atoms with Crippen LogP contribution in [-0.4, -0.2) is 48.3 Å². The maximum Gasteiger partial charge on any atom is 0.335 e. The number of nitrogens with one attached hydrogen (secondary N) is 1. The molecule has 0 radical (unpaired) electrons. The SMILES string of the molecule is COC(=O)C1=C2Nc3ccccc3C23CCN2CC=CC(C(C)O)(C1)C23. The third-order valence-electron chi connectivity index (χ3n) is 7.01. The molecule has 0 bridgehead atoms. The number of esters is 1. The smallest absolute Gasteiger partial charge is 0.335 e. The van der Waals surface area contributed by atoms with E-state index in [0.717, 1.165) is 30.9 Å². The molecule has 1 fully saturated rings. The average molecular weight is 352 g/mol. The number of para-hydroxylation sites is 1. The number of benzene rings is 1. The number of hydrogen-bond donors (Lipinski definition) is 2. The Morgan fingerprint density at radius 1 is 1.42 bits per heavy atom. The molecule has 2 N–H and O–H groups in total. The van der Waals surface area contributed by atoms with E-state index in [4.69, 9.17) is 4.74 Å². The Labute approximate surface area is 153 Å². The van der Waals surface area contributed by atoms with E-state index in [-0.39, 0.29) is 17.4 Å². The maximum atomic E-state index is 12.7. The highest BCUT2D eigenvalue weighted by Gasteiger charge is 2.67. The Hall–Kier alpha value is -2.11. The fraction of sp³-hybridized carbons (Fsp3) is 0.476. The van der Waals surface area contributed by atoms with E-state index >= 15 is 0 Å². The number of carbonyl (C=O) groups excluding carboxylic acids is 1. The van der Waals surface area contributed by atoms with E-state index < -0.39 is 11.5 Å². The molecule has 3 aliphatic heterocycles. The third-order valence-corrected chi connectivity index (χ3v) is 7.01. The first kappa shape index (κ1) is 16.1. The molecule has 3 heterocycles. The molecule has 1 aromatic rings. The number of anilines is 1. The minimum Gasteiger partial charge on any atom is -0.466 e. The van der Waals surface area contributed by atoms with Crippen molar-refractivity contribution < 1.29 is 14.6 Å². The average Bonchev–Trinajstić information content (AvgIpc) is 3.21. The zero-order valence-corrected chi connectivity index (χ0v) is 15.2. The van der Waals surface area contributed by atoms with Crippen LogP contribution in [0.1, 0.15) is 25.3 Å². The Bertz CT molecular complexity index is 859. The molecule has 4 aliphatic rings. The number of ether oxygens (including phenoxy) is 1. The van der Waals surface area contributed by atoms with Crippen LogP contribution in [0.25, 0.3) is 0 Å². The topological polar surface area (TPSA) is 61.8 Å². The largest absolute Gasteiger partial charge is 0.466 e. The van der Waals surface area contributed by atoms with E-state index in [0.29, 0.717) is 12.0 Å². The molecule has 0 aromatic heterocycles. The molecule has 4 atom stereocenters. The van der Waals surface area contributed by atoms with Crippen molar-refractivity contribution >= 4 is 11.7 Å². The zero-order valence-electron chi connectivity index (χ0n) is 15.2. The van der Waals surface area contributed by atoms with Crippen LogP contribution < -0.4 is 5.32 Å². The number of methoxy groups -OCH3 is 1. The van der Waals surface area contributed by atoms with Gasteiger partial charge in [0.15, 0.2) is 0 Å². The lowest BCUT2D eigenvalue weighted by Crippen LogP contribution is -2.62. The van der Waals surface area contributed by atoms with Crippen molar-refractivity contribution in [3.63, 3.8) is 0 Å². The highest BCUT2D eigenvalue weighted by atomic mass is 16.5. The molecule has 1 aromatic carbocycles. The van der Waals surface area contributed by atoms with E-state index in [9.17, 15) is 9.90 Å². The summed E-state index contributed by atoms with van der Waals surface area (Å²) >= 11 is 0. The van der Waals surface area contributed by atoms with Crippen molar-refractivity contribution in [2.24, 2.45) is 5.41 Å². The van der Waals surface area contributed by atoms with Gasteiger partial charge in [-0.2, -0.15) is 0 Å². The second-order valence-corrected chi connectivity index (χ2v) is 8.00. The number of nitrogens with zero attached hydrogens (tertiary/aromatic N) is 1. The standard InChI is InChI=1S/C21H24N2O3/c1-13(24)20-8-5-10-23-11-9-21(19(20)23)15-6-3-4-7-16(15)22-17(21)14(12-20)18(25)26-2/h3-8,13,19,22,24H,9-12H2,1-2H3. The highest BCUT2D eigenvalue weighted by molar-refractivity contribution is 5.93. The van der Waals surface area contributed by atoms with Gasteiger partial charge in [-0.25, -0.2) is 4.79 Å². The second kappa shape index (κ2) is 5.21. The van der Waals surface area contributed by atoms with Crippen LogP contribution >= 0.6 is 0 Å². The maximum absolute atomic E-state index is 12.7. The van der Waals surface area contributed by atoms with Crippen LogP contribution in [-0.2, 0) is 14.9 Å². The van der Waals surface area contributed by atoms with Crippen LogP contribution in [0.4, 0.5) is 5.69 Å². The summed E-state index contributed by atoms with van der Waals surface area (Å²) < 4.78 is 5.15. The van der Waals surface area contributed by atoms with Crippen LogP contribution in [0.2, 0.25) is 0 Å². The van der Waals surface area contributed by atoms with Crippen molar-refractivity contribution in [3.05, 3.63) is 53.3 Å². The first-order chi connectivity index (χ1) is 12.5. The summed E-state index contributed by atoms with van der Waals surface area (Å²) in [6, 6.07) is 8.48. The summed E-state index contributed by atoms with van der Waals surface area (Å²) in [5.74, 6) is -0.296. The van der Waals surface area contributed by atoms with Crippen LogP contribution in [0.15, 0.2) is 47.7 Å². The van der Waals surface area contributed by atoms with Crippen LogP contribution in [0.3, 0.4) is 0 Å². The summed E-state index contributed by atoms with van der Waals surface area (Å²) in [7, 11) is 1.43. The van der Waals surface area contributed by atoms with Crippen LogP contribution in [0, 0.1) is 5.41 Å². The van der Waals surface area contributed by atoms with Gasteiger partial charge in [0.25, 0.3) is 0 Å². The Morgan fingerprint density at radius 3 is 3.00 bits per heavy atom. The number of rotatable bonds is 2. The van der Waals surface area contributed by atoms with Gasteiger partial charge in [-0.1, -0.05) is 30.4 Å². The molecule has 136 valence electrons. The number of aliphatic hydroxyl groups is 1. The molecule has 0 saturated carbocycles. The zero-order chi connectivity index (χ0) is 18.1. The fourth-order valence-electron chi connectivity index (χ4n) is 6.00. The quantitative estimate of drug-likeness (QED) is 0.631. The predicted molar refractivity (Wildman–Crippen MR) is 98.6 cm³/mol. The van der Waals surface area contributed by atoms with E-state index in [2.05, 4.69) is 40.6 Å². The number of carbonyl (C=O) groups is 1. The molecule has 1 saturated heterocycles. The van der Waals surface area contributed by atoms with Gasteiger partial charge in [0.05, 0.1) is 24.2 Å².